The van der Waals surface area contributed by atoms with E-state index in [0.717, 1.165) is 11.1 Å². The van der Waals surface area contributed by atoms with Crippen LogP contribution in [-0.4, -0.2) is 26.8 Å². The molecule has 0 amide bonds. The van der Waals surface area contributed by atoms with Crippen LogP contribution in [-0.2, 0) is 9.59 Å². The number of pyridine rings is 2. The van der Waals surface area contributed by atoms with E-state index in [1.54, 1.807) is 50.8 Å². The molecule has 2 rings (SSSR count). The fraction of sp³-hybridized carbons (Fsp3) is 0.294. The molecular weight excluding hydrogens is 280 g/mol. The van der Waals surface area contributed by atoms with E-state index >= 15 is 0 Å². The zero-order valence-corrected chi connectivity index (χ0v) is 12.9. The molecule has 2 unspecified atom stereocenters. The maximum atomic E-state index is 10.9. The third-order valence-electron chi connectivity index (χ3n) is 3.39. The van der Waals surface area contributed by atoms with Gasteiger partial charge in [-0.05, 0) is 49.2 Å². The molecule has 5 heteroatoms. The highest BCUT2D eigenvalue weighted by Gasteiger charge is 2.12. The number of ketones is 1. The topological polar surface area (TPSA) is 80.2 Å². The highest BCUT2D eigenvalue weighted by atomic mass is 16.4. The van der Waals surface area contributed by atoms with E-state index in [1.807, 2.05) is 19.1 Å². The monoisotopic (exact) mass is 300 g/mol. The molecule has 0 fully saturated rings. The summed E-state index contributed by atoms with van der Waals surface area (Å²) in [4.78, 5) is 29.1. The Morgan fingerprint density at radius 3 is 1.55 bits per heavy atom. The Hall–Kier alpha value is -2.56. The van der Waals surface area contributed by atoms with Gasteiger partial charge in [0.15, 0.2) is 0 Å². The molecule has 2 aromatic rings. The minimum Gasteiger partial charge on any atom is -0.481 e. The van der Waals surface area contributed by atoms with Crippen LogP contribution in [0.25, 0.3) is 0 Å². The summed E-state index contributed by atoms with van der Waals surface area (Å²) < 4.78 is 0. The molecule has 116 valence electrons. The Labute approximate surface area is 130 Å². The molecule has 0 aliphatic rings. The number of carboxylic acids is 1. The molecule has 2 aromatic heterocycles. The van der Waals surface area contributed by atoms with Crippen LogP contribution in [0.5, 0.6) is 0 Å². The normalized spacial score (nSPS) is 12.5. The predicted octanol–water partition coefficient (Wildman–Crippen LogP) is 3.04. The first-order valence-electron chi connectivity index (χ1n) is 6.96. The van der Waals surface area contributed by atoms with Crippen molar-refractivity contribution in [1.82, 2.24) is 9.97 Å². The molecular formula is C17H20N2O3. The van der Waals surface area contributed by atoms with E-state index in [0.29, 0.717) is 0 Å². The first kappa shape index (κ1) is 17.5. The van der Waals surface area contributed by atoms with E-state index in [9.17, 15) is 9.59 Å². The maximum absolute atomic E-state index is 10.9. The van der Waals surface area contributed by atoms with Gasteiger partial charge in [0.2, 0.25) is 0 Å². The molecule has 2 heterocycles. The number of carbonyl (C=O) groups excluding carboxylic acids is 1. The van der Waals surface area contributed by atoms with Crippen molar-refractivity contribution in [3.8, 4) is 0 Å². The number of hydrogen-bond acceptors (Lipinski definition) is 4. The van der Waals surface area contributed by atoms with Crippen LogP contribution in [0.15, 0.2) is 49.1 Å². The molecule has 1 N–H and O–H groups in total. The summed E-state index contributed by atoms with van der Waals surface area (Å²) in [5.74, 6) is -1.07. The Kier molecular flexibility index (Phi) is 6.89. The van der Waals surface area contributed by atoms with E-state index in [-0.39, 0.29) is 11.7 Å². The fourth-order valence-corrected chi connectivity index (χ4v) is 1.68. The average Bonchev–Trinajstić information content (AvgIpc) is 2.55. The first-order valence-corrected chi connectivity index (χ1v) is 6.96. The summed E-state index contributed by atoms with van der Waals surface area (Å²) in [7, 11) is 0. The number of hydrogen-bond donors (Lipinski definition) is 1. The van der Waals surface area contributed by atoms with Crippen LogP contribution in [0.1, 0.15) is 43.7 Å². The lowest BCUT2D eigenvalue weighted by molar-refractivity contribution is -0.138. The summed E-state index contributed by atoms with van der Waals surface area (Å²) in [5, 5.41) is 8.62. The smallest absolute Gasteiger partial charge is 0.310 e. The lowest BCUT2D eigenvalue weighted by atomic mass is 9.99. The lowest BCUT2D eigenvalue weighted by Gasteiger charge is -2.05. The minimum atomic E-state index is -0.809. The summed E-state index contributed by atoms with van der Waals surface area (Å²) in [5.41, 5.74) is 1.82. The third-order valence-corrected chi connectivity index (χ3v) is 3.39. The maximum Gasteiger partial charge on any atom is 0.310 e. The standard InChI is InChI=1S/C9H11NO.C8H9NO2/c1-7(8(2)11)9-3-5-10-6-4-9;1-6(8(10)11)7-2-4-9-5-3-7/h3-7H,1-2H3;2-6H,1H3,(H,10,11). The second kappa shape index (κ2) is 8.67. The molecule has 0 aliphatic carbocycles. The second-order valence-electron chi connectivity index (χ2n) is 4.95. The zero-order valence-electron chi connectivity index (χ0n) is 12.9. The highest BCUT2D eigenvalue weighted by Crippen LogP contribution is 2.14. The van der Waals surface area contributed by atoms with Crippen molar-refractivity contribution in [3.63, 3.8) is 0 Å². The minimum absolute atomic E-state index is 0.00185. The van der Waals surface area contributed by atoms with Gasteiger partial charge < -0.3 is 5.11 Å². The Balaban J connectivity index is 0.000000220. The van der Waals surface area contributed by atoms with Gasteiger partial charge in [0.25, 0.3) is 0 Å². The molecule has 0 aliphatic heterocycles. The van der Waals surface area contributed by atoms with E-state index in [1.165, 1.54) is 0 Å². The van der Waals surface area contributed by atoms with Gasteiger partial charge in [-0.15, -0.1) is 0 Å². The summed E-state index contributed by atoms with van der Waals surface area (Å²) in [6.45, 7) is 5.15. The van der Waals surface area contributed by atoms with Crippen molar-refractivity contribution in [2.24, 2.45) is 0 Å². The first-order chi connectivity index (χ1) is 10.4. The quantitative estimate of drug-likeness (QED) is 0.938. The van der Waals surface area contributed by atoms with Gasteiger partial charge in [-0.3, -0.25) is 19.6 Å². The number of aliphatic carboxylic acids is 1. The summed E-state index contributed by atoms with van der Waals surface area (Å²) >= 11 is 0. The molecule has 0 bridgehead atoms. The van der Waals surface area contributed by atoms with Gasteiger partial charge >= 0.3 is 5.97 Å². The van der Waals surface area contributed by atoms with Gasteiger partial charge in [-0.25, -0.2) is 0 Å². The Morgan fingerprint density at radius 2 is 1.23 bits per heavy atom. The Morgan fingerprint density at radius 1 is 0.864 bits per heavy atom. The van der Waals surface area contributed by atoms with Crippen molar-refractivity contribution < 1.29 is 14.7 Å². The average molecular weight is 300 g/mol. The van der Waals surface area contributed by atoms with E-state index in [4.69, 9.17) is 5.11 Å². The van der Waals surface area contributed by atoms with E-state index < -0.39 is 11.9 Å². The molecule has 0 aromatic carbocycles. The number of nitrogens with zero attached hydrogens (tertiary/aromatic N) is 2. The summed E-state index contributed by atoms with van der Waals surface area (Å²) in [6.07, 6.45) is 6.59. The van der Waals surface area contributed by atoms with Crippen molar-refractivity contribution in [3.05, 3.63) is 60.2 Å². The summed E-state index contributed by atoms with van der Waals surface area (Å²) in [6, 6.07) is 7.15. The number of Topliss-reactive ketones (excluding diaryl/α,β-unsaturated/α-hetero) is 1. The van der Waals surface area contributed by atoms with Gasteiger partial charge in [0, 0.05) is 30.7 Å². The van der Waals surface area contributed by atoms with Crippen molar-refractivity contribution in [2.75, 3.05) is 0 Å². The van der Waals surface area contributed by atoms with Crippen LogP contribution in [0.3, 0.4) is 0 Å². The van der Waals surface area contributed by atoms with Crippen molar-refractivity contribution >= 4 is 11.8 Å². The predicted molar refractivity (Wildman–Crippen MR) is 83.6 cm³/mol. The van der Waals surface area contributed by atoms with Gasteiger partial charge in [0.05, 0.1) is 5.92 Å². The lowest BCUT2D eigenvalue weighted by Crippen LogP contribution is -2.06. The van der Waals surface area contributed by atoms with Crippen molar-refractivity contribution in [1.29, 1.82) is 0 Å². The van der Waals surface area contributed by atoms with Gasteiger partial charge in [-0.2, -0.15) is 0 Å². The zero-order chi connectivity index (χ0) is 16.5. The number of aromatic nitrogens is 2. The molecule has 0 spiro atoms. The molecule has 2 atom stereocenters. The highest BCUT2D eigenvalue weighted by molar-refractivity contribution is 5.82. The molecule has 0 saturated carbocycles. The fourth-order valence-electron chi connectivity index (χ4n) is 1.68. The molecule has 22 heavy (non-hydrogen) atoms. The van der Waals surface area contributed by atoms with Gasteiger partial charge in [0.1, 0.15) is 5.78 Å². The van der Waals surface area contributed by atoms with Crippen LogP contribution in [0, 0.1) is 0 Å². The van der Waals surface area contributed by atoms with E-state index in [2.05, 4.69) is 9.97 Å². The number of rotatable bonds is 4. The number of carboxylic acid groups (broad SMARTS) is 1. The van der Waals surface area contributed by atoms with Crippen LogP contribution in [0.4, 0.5) is 0 Å². The molecule has 0 saturated heterocycles. The van der Waals surface area contributed by atoms with Gasteiger partial charge in [-0.1, -0.05) is 6.92 Å². The third kappa shape index (κ3) is 5.44. The molecule has 5 nitrogen and oxygen atoms in total. The Bertz CT molecular complexity index is 544. The van der Waals surface area contributed by atoms with Crippen LogP contribution < -0.4 is 0 Å². The van der Waals surface area contributed by atoms with Crippen molar-refractivity contribution in [2.45, 2.75) is 32.6 Å². The molecule has 0 radical (unpaired) electrons. The van der Waals surface area contributed by atoms with Crippen LogP contribution in [0.2, 0.25) is 0 Å². The second-order valence-corrected chi connectivity index (χ2v) is 4.95. The SMILES string of the molecule is CC(=O)C(C)c1ccncc1.CC(C(=O)O)c1ccncc1. The largest absolute Gasteiger partial charge is 0.481 e. The van der Waals surface area contributed by atoms with Crippen LogP contribution >= 0.6 is 0 Å². The number of carbonyl (C=O) groups is 2.